The second kappa shape index (κ2) is 8.10. The Morgan fingerprint density at radius 3 is 2.70 bits per heavy atom. The molecule has 1 atom stereocenters. The minimum absolute atomic E-state index is 0.298. The molecular formula is C16H25N5OS. The standard InChI is InChI=1S/C16H25N5OS/c1-6-17-16(20-9-14-18-8-11(3)23-14)19-7-10(2)15-12(4)21-22-13(15)5/h8,10H,6-7,9H2,1-5H3,(H2,17,19,20). The molecule has 0 aromatic carbocycles. The highest BCUT2D eigenvalue weighted by atomic mass is 32.1. The Hall–Kier alpha value is -1.89. The van der Waals surface area contributed by atoms with Gasteiger partial charge in [-0.25, -0.2) is 9.98 Å². The molecule has 0 radical (unpaired) electrons. The number of hydrogen-bond donors (Lipinski definition) is 2. The first kappa shape index (κ1) is 17.5. The third-order valence-electron chi connectivity index (χ3n) is 3.54. The minimum Gasteiger partial charge on any atom is -0.361 e. The first-order chi connectivity index (χ1) is 11.0. The Labute approximate surface area is 141 Å². The van der Waals surface area contributed by atoms with Gasteiger partial charge in [0.25, 0.3) is 0 Å². The van der Waals surface area contributed by atoms with Crippen molar-refractivity contribution in [3.05, 3.63) is 33.1 Å². The molecule has 0 amide bonds. The lowest BCUT2D eigenvalue weighted by atomic mass is 10.00. The van der Waals surface area contributed by atoms with Crippen molar-refractivity contribution in [2.24, 2.45) is 4.99 Å². The fourth-order valence-corrected chi connectivity index (χ4v) is 3.22. The highest BCUT2D eigenvalue weighted by Gasteiger charge is 2.16. The van der Waals surface area contributed by atoms with Crippen molar-refractivity contribution < 1.29 is 4.52 Å². The van der Waals surface area contributed by atoms with E-state index in [1.807, 2.05) is 20.0 Å². The lowest BCUT2D eigenvalue weighted by molar-refractivity contribution is 0.391. The molecule has 0 aliphatic heterocycles. The van der Waals surface area contributed by atoms with Gasteiger partial charge in [0, 0.05) is 35.6 Å². The van der Waals surface area contributed by atoms with Crippen molar-refractivity contribution in [1.29, 1.82) is 0 Å². The molecule has 2 aromatic heterocycles. The van der Waals surface area contributed by atoms with Gasteiger partial charge in [-0.3, -0.25) is 0 Å². The normalized spacial score (nSPS) is 13.2. The maximum atomic E-state index is 5.25. The van der Waals surface area contributed by atoms with Crippen LogP contribution in [0, 0.1) is 20.8 Å². The van der Waals surface area contributed by atoms with E-state index in [1.54, 1.807) is 11.3 Å². The van der Waals surface area contributed by atoms with Crippen molar-refractivity contribution in [2.45, 2.75) is 47.1 Å². The van der Waals surface area contributed by atoms with Gasteiger partial charge < -0.3 is 15.2 Å². The fraction of sp³-hybridized carbons (Fsp3) is 0.562. The van der Waals surface area contributed by atoms with Crippen molar-refractivity contribution in [3.8, 4) is 0 Å². The molecule has 2 aromatic rings. The van der Waals surface area contributed by atoms with Gasteiger partial charge in [-0.1, -0.05) is 12.1 Å². The van der Waals surface area contributed by atoms with Crippen LogP contribution in [0.4, 0.5) is 0 Å². The number of hydrogen-bond acceptors (Lipinski definition) is 5. The first-order valence-corrected chi connectivity index (χ1v) is 8.69. The van der Waals surface area contributed by atoms with Crippen LogP contribution in [-0.4, -0.2) is 29.2 Å². The number of aliphatic imine (C=N–C) groups is 1. The number of thiazole rings is 1. The van der Waals surface area contributed by atoms with E-state index < -0.39 is 0 Å². The molecule has 2 rings (SSSR count). The average Bonchev–Trinajstić information content (AvgIpc) is 3.07. The third kappa shape index (κ3) is 4.79. The smallest absolute Gasteiger partial charge is 0.191 e. The van der Waals surface area contributed by atoms with Crippen LogP contribution in [0.15, 0.2) is 15.7 Å². The van der Waals surface area contributed by atoms with Crippen LogP contribution >= 0.6 is 11.3 Å². The highest BCUT2D eigenvalue weighted by molar-refractivity contribution is 7.11. The first-order valence-electron chi connectivity index (χ1n) is 7.87. The molecule has 0 saturated heterocycles. The molecule has 0 aliphatic rings. The molecule has 2 heterocycles. The largest absolute Gasteiger partial charge is 0.361 e. The Morgan fingerprint density at radius 2 is 2.13 bits per heavy atom. The van der Waals surface area contributed by atoms with Crippen molar-refractivity contribution >= 4 is 17.3 Å². The number of guanidine groups is 1. The van der Waals surface area contributed by atoms with Gasteiger partial charge in [-0.05, 0) is 27.7 Å². The zero-order chi connectivity index (χ0) is 16.8. The van der Waals surface area contributed by atoms with E-state index in [9.17, 15) is 0 Å². The quantitative estimate of drug-likeness (QED) is 0.627. The number of rotatable bonds is 6. The molecule has 0 bridgehead atoms. The van der Waals surface area contributed by atoms with Crippen LogP contribution in [0.5, 0.6) is 0 Å². The average molecular weight is 335 g/mol. The van der Waals surface area contributed by atoms with Gasteiger partial charge >= 0.3 is 0 Å². The number of nitrogens with one attached hydrogen (secondary N) is 2. The fourth-order valence-electron chi connectivity index (χ4n) is 2.51. The van der Waals surface area contributed by atoms with Crippen molar-refractivity contribution in [3.63, 3.8) is 0 Å². The molecule has 6 nitrogen and oxygen atoms in total. The van der Waals surface area contributed by atoms with Gasteiger partial charge in [-0.15, -0.1) is 11.3 Å². The van der Waals surface area contributed by atoms with E-state index in [2.05, 4.69) is 46.5 Å². The highest BCUT2D eigenvalue weighted by Crippen LogP contribution is 2.22. The lowest BCUT2D eigenvalue weighted by Gasteiger charge is -2.15. The van der Waals surface area contributed by atoms with E-state index in [0.717, 1.165) is 35.5 Å². The van der Waals surface area contributed by atoms with Crippen LogP contribution in [0.1, 0.15) is 46.7 Å². The predicted molar refractivity (Wildman–Crippen MR) is 94.1 cm³/mol. The van der Waals surface area contributed by atoms with E-state index in [0.29, 0.717) is 12.5 Å². The number of aryl methyl sites for hydroxylation is 3. The Bertz CT molecular complexity index is 642. The molecule has 23 heavy (non-hydrogen) atoms. The van der Waals surface area contributed by atoms with Gasteiger partial charge in [-0.2, -0.15) is 0 Å². The molecule has 7 heteroatoms. The van der Waals surface area contributed by atoms with Crippen LogP contribution in [0.3, 0.4) is 0 Å². The summed E-state index contributed by atoms with van der Waals surface area (Å²) < 4.78 is 5.25. The molecule has 2 N–H and O–H groups in total. The van der Waals surface area contributed by atoms with E-state index in [1.165, 1.54) is 10.4 Å². The van der Waals surface area contributed by atoms with Crippen LogP contribution < -0.4 is 10.6 Å². The molecule has 126 valence electrons. The maximum Gasteiger partial charge on any atom is 0.191 e. The minimum atomic E-state index is 0.298. The molecular weight excluding hydrogens is 310 g/mol. The van der Waals surface area contributed by atoms with E-state index in [4.69, 9.17) is 4.52 Å². The van der Waals surface area contributed by atoms with E-state index in [-0.39, 0.29) is 0 Å². The summed E-state index contributed by atoms with van der Waals surface area (Å²) in [6.07, 6.45) is 1.88. The van der Waals surface area contributed by atoms with Gasteiger partial charge in [0.15, 0.2) is 5.96 Å². The molecule has 0 aliphatic carbocycles. The van der Waals surface area contributed by atoms with Crippen LogP contribution in [0.25, 0.3) is 0 Å². The number of aromatic nitrogens is 2. The monoisotopic (exact) mass is 335 g/mol. The predicted octanol–water partition coefficient (Wildman–Crippen LogP) is 2.92. The summed E-state index contributed by atoms with van der Waals surface area (Å²) in [7, 11) is 0. The third-order valence-corrected chi connectivity index (χ3v) is 4.44. The van der Waals surface area contributed by atoms with E-state index >= 15 is 0 Å². The molecule has 0 saturated carbocycles. The molecule has 1 unspecified atom stereocenters. The maximum absolute atomic E-state index is 5.25. The summed E-state index contributed by atoms with van der Waals surface area (Å²) in [6, 6.07) is 0. The topological polar surface area (TPSA) is 75.3 Å². The van der Waals surface area contributed by atoms with Crippen LogP contribution in [0.2, 0.25) is 0 Å². The van der Waals surface area contributed by atoms with Gasteiger partial charge in [0.2, 0.25) is 0 Å². The summed E-state index contributed by atoms with van der Waals surface area (Å²) in [6.45, 7) is 12.4. The Morgan fingerprint density at radius 1 is 1.35 bits per heavy atom. The van der Waals surface area contributed by atoms with Crippen molar-refractivity contribution in [2.75, 3.05) is 13.1 Å². The number of nitrogens with zero attached hydrogens (tertiary/aromatic N) is 3. The zero-order valence-corrected chi connectivity index (χ0v) is 15.3. The van der Waals surface area contributed by atoms with Gasteiger partial charge in [0.05, 0.1) is 12.2 Å². The Kier molecular flexibility index (Phi) is 6.15. The second-order valence-electron chi connectivity index (χ2n) is 5.58. The summed E-state index contributed by atoms with van der Waals surface area (Å²) >= 11 is 1.68. The molecule has 0 fully saturated rings. The van der Waals surface area contributed by atoms with Crippen molar-refractivity contribution in [1.82, 2.24) is 20.8 Å². The SMILES string of the molecule is CCNC(=NCc1ncc(C)s1)NCC(C)c1c(C)noc1C. The summed E-state index contributed by atoms with van der Waals surface area (Å²) in [5, 5.41) is 11.7. The molecule has 0 spiro atoms. The summed E-state index contributed by atoms with van der Waals surface area (Å²) in [5.41, 5.74) is 2.13. The second-order valence-corrected chi connectivity index (χ2v) is 6.90. The summed E-state index contributed by atoms with van der Waals surface area (Å²) in [5.74, 6) is 1.99. The van der Waals surface area contributed by atoms with Gasteiger partial charge in [0.1, 0.15) is 10.8 Å². The van der Waals surface area contributed by atoms with Crippen LogP contribution in [-0.2, 0) is 6.54 Å². The Balaban J connectivity index is 1.96. The lowest BCUT2D eigenvalue weighted by Crippen LogP contribution is -2.39. The zero-order valence-electron chi connectivity index (χ0n) is 14.4. The summed E-state index contributed by atoms with van der Waals surface area (Å²) in [4.78, 5) is 10.1.